The molecule has 0 unspecified atom stereocenters. The van der Waals surface area contributed by atoms with Crippen LogP contribution in [0.4, 0.5) is 8.78 Å². The zero-order valence-corrected chi connectivity index (χ0v) is 18.8. The second-order valence-corrected chi connectivity index (χ2v) is 8.50. The van der Waals surface area contributed by atoms with Crippen LogP contribution >= 0.6 is 0 Å². The van der Waals surface area contributed by atoms with Crippen LogP contribution < -0.4 is 14.8 Å². The first-order valence-electron chi connectivity index (χ1n) is 11.4. The van der Waals surface area contributed by atoms with Crippen LogP contribution in [0.1, 0.15) is 34.3 Å². The van der Waals surface area contributed by atoms with Crippen LogP contribution in [-0.4, -0.2) is 31.1 Å². The van der Waals surface area contributed by atoms with Crippen LogP contribution in [0.25, 0.3) is 11.1 Å². The molecule has 0 saturated carbocycles. The molecule has 0 amide bonds. The molecular formula is C27H23F2NO5. The van der Waals surface area contributed by atoms with Gasteiger partial charge in [-0.15, -0.1) is 0 Å². The van der Waals surface area contributed by atoms with E-state index >= 15 is 0 Å². The SMILES string of the molecule is O=C(OC(=O)[C@@H]1CCCN1)c1cccc(COc2ccc(-c3cc(F)c(F)c4c3OCC4)cc2)c1. The molecule has 2 aliphatic rings. The van der Waals surface area contributed by atoms with Crippen molar-refractivity contribution in [1.82, 2.24) is 5.32 Å². The number of fused-ring (bicyclic) bond motifs is 1. The van der Waals surface area contributed by atoms with Crippen LogP contribution in [0.2, 0.25) is 0 Å². The average molecular weight is 479 g/mol. The molecule has 0 radical (unpaired) electrons. The Morgan fingerprint density at radius 1 is 1.09 bits per heavy atom. The van der Waals surface area contributed by atoms with Gasteiger partial charge in [0.25, 0.3) is 0 Å². The van der Waals surface area contributed by atoms with Crippen molar-refractivity contribution in [3.63, 3.8) is 0 Å². The fourth-order valence-corrected chi connectivity index (χ4v) is 4.31. The summed E-state index contributed by atoms with van der Waals surface area (Å²) in [4.78, 5) is 24.4. The molecule has 2 aliphatic heterocycles. The average Bonchev–Trinajstić information content (AvgIpc) is 3.59. The first kappa shape index (κ1) is 23.0. The van der Waals surface area contributed by atoms with Gasteiger partial charge in [0.05, 0.1) is 12.2 Å². The molecule has 0 aromatic heterocycles. The molecule has 35 heavy (non-hydrogen) atoms. The number of halogens is 2. The Labute approximate surface area is 200 Å². The van der Waals surface area contributed by atoms with Gasteiger partial charge in [0, 0.05) is 17.5 Å². The lowest BCUT2D eigenvalue weighted by atomic mass is 10.0. The molecule has 2 heterocycles. The van der Waals surface area contributed by atoms with E-state index in [0.29, 0.717) is 42.1 Å². The lowest BCUT2D eigenvalue weighted by molar-refractivity contribution is -0.139. The van der Waals surface area contributed by atoms with E-state index in [2.05, 4.69) is 5.32 Å². The van der Waals surface area contributed by atoms with Gasteiger partial charge >= 0.3 is 11.9 Å². The Morgan fingerprint density at radius 2 is 1.91 bits per heavy atom. The summed E-state index contributed by atoms with van der Waals surface area (Å²) in [6.07, 6.45) is 1.87. The summed E-state index contributed by atoms with van der Waals surface area (Å²) >= 11 is 0. The number of hydrogen-bond donors (Lipinski definition) is 1. The quantitative estimate of drug-likeness (QED) is 0.412. The van der Waals surface area contributed by atoms with E-state index in [-0.39, 0.29) is 17.7 Å². The molecule has 3 aromatic carbocycles. The van der Waals surface area contributed by atoms with Crippen molar-refractivity contribution in [2.45, 2.75) is 31.9 Å². The number of hydrogen-bond acceptors (Lipinski definition) is 6. The molecule has 8 heteroatoms. The Hall–Kier alpha value is -3.78. The molecule has 1 atom stereocenters. The second kappa shape index (κ2) is 9.84. The number of esters is 2. The van der Waals surface area contributed by atoms with Crippen molar-refractivity contribution >= 4 is 11.9 Å². The maximum absolute atomic E-state index is 14.0. The predicted octanol–water partition coefficient (Wildman–Crippen LogP) is 4.58. The molecule has 5 rings (SSSR count). The Morgan fingerprint density at radius 3 is 2.69 bits per heavy atom. The number of rotatable bonds is 6. The van der Waals surface area contributed by atoms with E-state index in [1.807, 2.05) is 0 Å². The fourth-order valence-electron chi connectivity index (χ4n) is 4.31. The van der Waals surface area contributed by atoms with E-state index in [1.165, 1.54) is 0 Å². The number of carbonyl (C=O) groups excluding carboxylic acids is 2. The first-order valence-corrected chi connectivity index (χ1v) is 11.4. The van der Waals surface area contributed by atoms with E-state index in [4.69, 9.17) is 14.2 Å². The van der Waals surface area contributed by atoms with Gasteiger partial charge in [-0.3, -0.25) is 0 Å². The third-order valence-electron chi connectivity index (χ3n) is 6.13. The minimum Gasteiger partial charge on any atom is -0.492 e. The maximum Gasteiger partial charge on any atom is 0.345 e. The highest BCUT2D eigenvalue weighted by molar-refractivity contribution is 5.98. The van der Waals surface area contributed by atoms with Gasteiger partial charge in [-0.25, -0.2) is 18.4 Å². The van der Waals surface area contributed by atoms with Crippen LogP contribution in [-0.2, 0) is 22.6 Å². The zero-order valence-electron chi connectivity index (χ0n) is 18.8. The summed E-state index contributed by atoms with van der Waals surface area (Å²) in [6.45, 7) is 1.24. The number of benzene rings is 3. The maximum atomic E-state index is 14.0. The molecule has 1 fully saturated rings. The Bertz CT molecular complexity index is 1270. The molecule has 180 valence electrons. The third kappa shape index (κ3) is 4.88. The van der Waals surface area contributed by atoms with Crippen LogP contribution in [0.3, 0.4) is 0 Å². The minimum absolute atomic E-state index is 0.183. The van der Waals surface area contributed by atoms with Crippen molar-refractivity contribution < 1.29 is 32.6 Å². The number of ether oxygens (including phenoxy) is 3. The molecular weight excluding hydrogens is 456 g/mol. The van der Waals surface area contributed by atoms with E-state index in [0.717, 1.165) is 24.6 Å². The van der Waals surface area contributed by atoms with Crippen molar-refractivity contribution in [3.8, 4) is 22.6 Å². The molecule has 3 aromatic rings. The van der Waals surface area contributed by atoms with Gasteiger partial charge in [-0.2, -0.15) is 0 Å². The van der Waals surface area contributed by atoms with Crippen LogP contribution in [0, 0.1) is 11.6 Å². The van der Waals surface area contributed by atoms with E-state index in [9.17, 15) is 18.4 Å². The minimum atomic E-state index is -0.899. The van der Waals surface area contributed by atoms with Crippen molar-refractivity contribution in [2.24, 2.45) is 0 Å². The summed E-state index contributed by atoms with van der Waals surface area (Å²) in [5.41, 5.74) is 2.43. The van der Waals surface area contributed by atoms with E-state index in [1.54, 1.807) is 48.5 Å². The standard InChI is InChI=1S/C27H23F2NO5/c28-22-14-21(25-20(24(22)29)10-12-33-25)17-6-8-19(9-7-17)34-15-16-3-1-4-18(13-16)26(31)35-27(32)23-5-2-11-30-23/h1,3-4,6-9,13-14,23,30H,2,5,10-12,15H2/t23-/m0/s1. The van der Waals surface area contributed by atoms with Crippen LogP contribution in [0.15, 0.2) is 54.6 Å². The highest BCUT2D eigenvalue weighted by Gasteiger charge is 2.26. The second-order valence-electron chi connectivity index (χ2n) is 8.50. The molecule has 0 bridgehead atoms. The smallest absolute Gasteiger partial charge is 0.345 e. The lowest BCUT2D eigenvalue weighted by Crippen LogP contribution is -2.33. The Balaban J connectivity index is 1.23. The monoisotopic (exact) mass is 479 g/mol. The summed E-state index contributed by atoms with van der Waals surface area (Å²) in [5.74, 6) is -2.08. The van der Waals surface area contributed by atoms with Gasteiger partial charge in [0.1, 0.15) is 24.1 Å². The van der Waals surface area contributed by atoms with Gasteiger partial charge < -0.3 is 19.5 Å². The molecule has 6 nitrogen and oxygen atoms in total. The van der Waals surface area contributed by atoms with Gasteiger partial charge in [-0.05, 0) is 60.8 Å². The van der Waals surface area contributed by atoms with E-state index < -0.39 is 29.6 Å². The zero-order chi connectivity index (χ0) is 24.4. The topological polar surface area (TPSA) is 73.9 Å². The van der Waals surface area contributed by atoms with Gasteiger partial charge in [-0.1, -0.05) is 24.3 Å². The predicted molar refractivity (Wildman–Crippen MR) is 123 cm³/mol. The van der Waals surface area contributed by atoms with Gasteiger partial charge in [0.2, 0.25) is 0 Å². The first-order chi connectivity index (χ1) is 17.0. The summed E-state index contributed by atoms with van der Waals surface area (Å²) in [7, 11) is 0. The molecule has 0 aliphatic carbocycles. The third-order valence-corrected chi connectivity index (χ3v) is 6.13. The lowest BCUT2D eigenvalue weighted by Gasteiger charge is -2.12. The number of carbonyl (C=O) groups is 2. The van der Waals surface area contributed by atoms with Crippen molar-refractivity contribution in [2.75, 3.05) is 13.2 Å². The molecule has 0 spiro atoms. The summed E-state index contributed by atoms with van der Waals surface area (Å²) < 4.78 is 44.4. The normalized spacial score (nSPS) is 16.5. The van der Waals surface area contributed by atoms with Crippen molar-refractivity contribution in [1.29, 1.82) is 0 Å². The highest BCUT2D eigenvalue weighted by atomic mass is 19.2. The van der Waals surface area contributed by atoms with Crippen LogP contribution in [0.5, 0.6) is 11.5 Å². The van der Waals surface area contributed by atoms with Crippen molar-refractivity contribution in [3.05, 3.63) is 82.9 Å². The molecule has 1 saturated heterocycles. The summed E-state index contributed by atoms with van der Waals surface area (Å²) in [6, 6.07) is 14.4. The highest BCUT2D eigenvalue weighted by Crippen LogP contribution is 2.40. The largest absolute Gasteiger partial charge is 0.492 e. The fraction of sp³-hybridized carbons (Fsp3) is 0.259. The number of nitrogens with one attached hydrogen (secondary N) is 1. The van der Waals surface area contributed by atoms with Gasteiger partial charge in [0.15, 0.2) is 11.6 Å². The Kier molecular flexibility index (Phi) is 6.46. The summed E-state index contributed by atoms with van der Waals surface area (Å²) in [5, 5.41) is 3.01. The molecule has 1 N–H and O–H groups in total.